The third-order valence-electron chi connectivity index (χ3n) is 8.71. The molecule has 3 aliphatic rings. The van der Waals surface area contributed by atoms with Crippen LogP contribution >= 0.6 is 11.5 Å². The maximum absolute atomic E-state index is 5.50. The Bertz CT molecular complexity index is 1200. The summed E-state index contributed by atoms with van der Waals surface area (Å²) in [6.07, 6.45) is 13.3. The maximum Gasteiger partial charge on any atom is 0.230 e. The second kappa shape index (κ2) is 11.4. The molecule has 2 N–H and O–H groups in total. The van der Waals surface area contributed by atoms with Gasteiger partial charge in [0.1, 0.15) is 5.82 Å². The van der Waals surface area contributed by atoms with Gasteiger partial charge in [-0.25, -0.2) is 0 Å². The van der Waals surface area contributed by atoms with Gasteiger partial charge in [-0.1, -0.05) is 0 Å². The van der Waals surface area contributed by atoms with Gasteiger partial charge in [-0.15, -0.1) is 0 Å². The number of fused-ring (bicyclic) bond motifs is 1. The molecule has 3 aromatic heterocycles. The van der Waals surface area contributed by atoms with Crippen molar-refractivity contribution >= 4 is 39.2 Å². The molecule has 3 aromatic rings. The van der Waals surface area contributed by atoms with E-state index in [0.29, 0.717) is 18.0 Å². The molecule has 1 aliphatic carbocycles. The highest BCUT2D eigenvalue weighted by molar-refractivity contribution is 7.13. The van der Waals surface area contributed by atoms with Crippen molar-refractivity contribution in [2.24, 2.45) is 0 Å². The zero-order chi connectivity index (χ0) is 26.1. The van der Waals surface area contributed by atoms with E-state index in [4.69, 9.17) is 14.7 Å². The minimum absolute atomic E-state index is 0.388. The highest BCUT2D eigenvalue weighted by atomic mass is 32.1. The van der Waals surface area contributed by atoms with Crippen LogP contribution in [0.2, 0.25) is 0 Å². The van der Waals surface area contributed by atoms with Gasteiger partial charge in [0.25, 0.3) is 0 Å². The Morgan fingerprint density at radius 2 is 1.74 bits per heavy atom. The average Bonchev–Trinajstić information content (AvgIpc) is 3.56. The molecule has 206 valence electrons. The lowest BCUT2D eigenvalue weighted by molar-refractivity contribution is 0.0662. The van der Waals surface area contributed by atoms with E-state index in [2.05, 4.69) is 50.2 Å². The van der Waals surface area contributed by atoms with E-state index in [9.17, 15) is 0 Å². The number of piperidine rings is 1. The topological polar surface area (TPSA) is 96.3 Å². The molecular formula is C27H41N9OS. The van der Waals surface area contributed by atoms with Crippen molar-refractivity contribution in [3.8, 4) is 0 Å². The predicted molar refractivity (Wildman–Crippen MR) is 152 cm³/mol. The summed E-state index contributed by atoms with van der Waals surface area (Å²) < 4.78 is 12.1. The van der Waals surface area contributed by atoms with Gasteiger partial charge in [0.2, 0.25) is 5.95 Å². The molecule has 38 heavy (non-hydrogen) atoms. The first kappa shape index (κ1) is 25.9. The monoisotopic (exact) mass is 539 g/mol. The van der Waals surface area contributed by atoms with Gasteiger partial charge < -0.3 is 25.2 Å². The number of nitrogens with zero attached hydrogens (tertiary/aromatic N) is 7. The van der Waals surface area contributed by atoms with Crippen molar-refractivity contribution in [3.05, 3.63) is 18.1 Å². The number of rotatable bonds is 7. The van der Waals surface area contributed by atoms with Crippen LogP contribution in [0.4, 0.5) is 17.5 Å². The SMILES string of the molecule is Cc1nsc2nc(Nc3cnn(C4CCOCC4)c3)nc(NC3CCC(N4CCC(N(C)C)CC4)CC3)c12. The molecule has 0 amide bonds. The van der Waals surface area contributed by atoms with E-state index in [1.807, 2.05) is 17.8 Å². The molecule has 0 unspecified atom stereocenters. The smallest absolute Gasteiger partial charge is 0.230 e. The Kier molecular flexibility index (Phi) is 7.78. The van der Waals surface area contributed by atoms with Crippen molar-refractivity contribution in [1.29, 1.82) is 0 Å². The predicted octanol–water partition coefficient (Wildman–Crippen LogP) is 4.44. The summed E-state index contributed by atoms with van der Waals surface area (Å²) in [6.45, 7) is 6.11. The summed E-state index contributed by atoms with van der Waals surface area (Å²) in [5.74, 6) is 1.49. The Balaban J connectivity index is 1.11. The van der Waals surface area contributed by atoms with Crippen molar-refractivity contribution in [3.63, 3.8) is 0 Å². The molecule has 1 saturated carbocycles. The van der Waals surface area contributed by atoms with Gasteiger partial charge in [-0.05, 0) is 97.0 Å². The van der Waals surface area contributed by atoms with Crippen LogP contribution in [0.3, 0.4) is 0 Å². The molecule has 11 heteroatoms. The molecular weight excluding hydrogens is 498 g/mol. The molecule has 3 fully saturated rings. The van der Waals surface area contributed by atoms with Crippen LogP contribution in [0.15, 0.2) is 12.4 Å². The molecule has 2 aliphatic heterocycles. The van der Waals surface area contributed by atoms with Gasteiger partial charge in [-0.3, -0.25) is 4.68 Å². The standard InChI is InChI=1S/C27H41N9OS/c1-18-24-25(29-19-4-6-22(7-5-19)35-12-8-21(9-13-35)34(2)3)31-27(32-26(24)38-33-18)30-20-16-28-36(17-20)23-10-14-37-15-11-23/h16-17,19,21-23H,4-15H2,1-3H3,(H2,29,30,31,32). The maximum atomic E-state index is 5.50. The average molecular weight is 540 g/mol. The highest BCUT2D eigenvalue weighted by Gasteiger charge is 2.30. The van der Waals surface area contributed by atoms with Gasteiger partial charge >= 0.3 is 0 Å². The zero-order valence-corrected chi connectivity index (χ0v) is 23.7. The molecule has 2 saturated heterocycles. The molecule has 5 heterocycles. The molecule has 10 nitrogen and oxygen atoms in total. The number of aryl methyl sites for hydroxylation is 1. The first-order valence-corrected chi connectivity index (χ1v) is 15.0. The number of anilines is 3. The number of likely N-dealkylation sites (tertiary alicyclic amines) is 1. The van der Waals surface area contributed by atoms with E-state index >= 15 is 0 Å². The van der Waals surface area contributed by atoms with Crippen molar-refractivity contribution < 1.29 is 4.74 Å². The lowest BCUT2D eigenvalue weighted by Gasteiger charge is -2.42. The fourth-order valence-corrected chi connectivity index (χ4v) is 7.15. The van der Waals surface area contributed by atoms with E-state index in [-0.39, 0.29) is 0 Å². The van der Waals surface area contributed by atoms with Crippen LogP contribution in [0.5, 0.6) is 0 Å². The number of hydrogen-bond acceptors (Lipinski definition) is 10. The zero-order valence-electron chi connectivity index (χ0n) is 22.9. The normalized spacial score (nSPS) is 24.3. The number of hydrogen-bond donors (Lipinski definition) is 2. The van der Waals surface area contributed by atoms with Crippen molar-refractivity contribution in [2.45, 2.75) is 82.5 Å². The minimum Gasteiger partial charge on any atom is -0.381 e. The van der Waals surface area contributed by atoms with E-state index in [1.54, 1.807) is 0 Å². The summed E-state index contributed by atoms with van der Waals surface area (Å²) in [4.78, 5) is 15.8. The second-order valence-corrected chi connectivity index (χ2v) is 12.2. The fourth-order valence-electron chi connectivity index (χ4n) is 6.38. The molecule has 0 radical (unpaired) electrons. The molecule has 0 bridgehead atoms. The minimum atomic E-state index is 0.388. The first-order valence-electron chi connectivity index (χ1n) is 14.2. The van der Waals surface area contributed by atoms with Crippen LogP contribution < -0.4 is 10.6 Å². The summed E-state index contributed by atoms with van der Waals surface area (Å²) in [6, 6.07) is 2.27. The Morgan fingerprint density at radius 3 is 2.47 bits per heavy atom. The summed E-state index contributed by atoms with van der Waals surface area (Å²) in [5, 5.41) is 12.8. The largest absolute Gasteiger partial charge is 0.381 e. The molecule has 6 rings (SSSR count). The number of aromatic nitrogens is 5. The summed E-state index contributed by atoms with van der Waals surface area (Å²) in [7, 11) is 4.43. The quantitative estimate of drug-likeness (QED) is 0.452. The summed E-state index contributed by atoms with van der Waals surface area (Å²) in [5.41, 5.74) is 1.89. The van der Waals surface area contributed by atoms with E-state index in [0.717, 1.165) is 65.6 Å². The van der Waals surface area contributed by atoms with Crippen LogP contribution in [0.25, 0.3) is 10.2 Å². The third-order valence-corrected chi connectivity index (χ3v) is 9.55. The molecule has 0 aromatic carbocycles. The third kappa shape index (κ3) is 5.66. The van der Waals surface area contributed by atoms with Crippen LogP contribution in [-0.2, 0) is 4.74 Å². The Morgan fingerprint density at radius 1 is 0.974 bits per heavy atom. The fraction of sp³-hybridized carbons (Fsp3) is 0.704. The lowest BCUT2D eigenvalue weighted by Crippen LogP contribution is -2.48. The summed E-state index contributed by atoms with van der Waals surface area (Å²) >= 11 is 1.44. The van der Waals surface area contributed by atoms with Crippen LogP contribution in [0.1, 0.15) is 63.1 Å². The van der Waals surface area contributed by atoms with Gasteiger partial charge in [0, 0.05) is 37.5 Å². The molecule has 0 atom stereocenters. The number of ether oxygens (including phenoxy) is 1. The van der Waals surface area contributed by atoms with Gasteiger partial charge in [0.15, 0.2) is 4.83 Å². The second-order valence-electron chi connectivity index (χ2n) is 11.4. The van der Waals surface area contributed by atoms with E-state index in [1.165, 1.54) is 63.1 Å². The Hall–Kier alpha value is -2.34. The highest BCUT2D eigenvalue weighted by Crippen LogP contribution is 2.33. The van der Waals surface area contributed by atoms with E-state index < -0.39 is 0 Å². The van der Waals surface area contributed by atoms with Gasteiger partial charge in [0.05, 0.1) is 29.0 Å². The lowest BCUT2D eigenvalue weighted by atomic mass is 9.88. The first-order chi connectivity index (χ1) is 18.5. The van der Waals surface area contributed by atoms with Crippen LogP contribution in [0, 0.1) is 6.92 Å². The van der Waals surface area contributed by atoms with Crippen molar-refractivity contribution in [2.75, 3.05) is 51.0 Å². The van der Waals surface area contributed by atoms with Gasteiger partial charge in [-0.2, -0.15) is 19.4 Å². The Labute approximate surface area is 229 Å². The van der Waals surface area contributed by atoms with Crippen LogP contribution in [-0.4, -0.2) is 92.4 Å². The molecule has 0 spiro atoms. The number of nitrogens with one attached hydrogen (secondary N) is 2. The van der Waals surface area contributed by atoms with Crippen molar-refractivity contribution in [1.82, 2.24) is 33.9 Å².